The highest BCUT2D eigenvalue weighted by atomic mass is 16.5. The molecule has 0 aliphatic carbocycles. The van der Waals surface area contributed by atoms with Gasteiger partial charge in [-0.15, -0.1) is 0 Å². The van der Waals surface area contributed by atoms with E-state index < -0.39 is 0 Å². The van der Waals surface area contributed by atoms with Crippen LogP contribution in [0.2, 0.25) is 0 Å². The van der Waals surface area contributed by atoms with Crippen molar-refractivity contribution in [3.05, 3.63) is 60.8 Å². The van der Waals surface area contributed by atoms with Crippen molar-refractivity contribution in [1.29, 1.82) is 0 Å². The highest BCUT2D eigenvalue weighted by molar-refractivity contribution is 5.88. The van der Waals surface area contributed by atoms with Crippen LogP contribution in [0.15, 0.2) is 60.8 Å². The molecule has 0 spiro atoms. The van der Waals surface area contributed by atoms with Gasteiger partial charge in [-0.05, 0) is 66.7 Å². The Hall–Kier alpha value is -3.95. The van der Waals surface area contributed by atoms with Crippen molar-refractivity contribution in [3.63, 3.8) is 0 Å². The number of hydrogen-bond acceptors (Lipinski definition) is 10. The molecule has 0 aromatic heterocycles. The van der Waals surface area contributed by atoms with Crippen molar-refractivity contribution >= 4 is 29.8 Å². The first kappa shape index (κ1) is 115. The van der Waals surface area contributed by atoms with Gasteiger partial charge in [0.25, 0.3) is 0 Å². The SMILES string of the molecule is C=C(C)C(=O)OCCCCCCCCCCCC.C=C(C)C(=O)OCCCCCCCCCCCCCC.C=C(C)C(=O)OCCCCCCCCCCCCCCCC.C=C(C)C(=O)OCCCCCCCCCCCCCCCCCC.C=C(C)C(=O)OCCCCCCCCCCCCCCCCCCCC. The van der Waals surface area contributed by atoms with Gasteiger partial charge in [-0.1, -0.05) is 485 Å². The van der Waals surface area contributed by atoms with E-state index in [2.05, 4.69) is 67.5 Å². The fraction of sp³-hybridized carbons (Fsp3) is 0.850. The Morgan fingerprint density at radius 3 is 0.291 bits per heavy atom. The fourth-order valence-electron chi connectivity index (χ4n) is 12.9. The summed E-state index contributed by atoms with van der Waals surface area (Å²) in [5, 5.41) is 0. The minimum absolute atomic E-state index is 0.253. The van der Waals surface area contributed by atoms with E-state index in [1.165, 1.54) is 417 Å². The maximum Gasteiger partial charge on any atom is 0.333 e. The third-order valence-electron chi connectivity index (χ3n) is 20.4. The Labute approximate surface area is 686 Å². The van der Waals surface area contributed by atoms with Crippen LogP contribution in [0.1, 0.15) is 519 Å². The van der Waals surface area contributed by atoms with Gasteiger partial charge in [0.15, 0.2) is 0 Å². The van der Waals surface area contributed by atoms with E-state index in [0.717, 1.165) is 32.1 Å². The molecule has 0 atom stereocenters. The summed E-state index contributed by atoms with van der Waals surface area (Å²) in [4.78, 5) is 55.7. The molecule has 0 saturated heterocycles. The molecule has 0 N–H and O–H groups in total. The molecular formula is C100H190O10. The summed E-state index contributed by atoms with van der Waals surface area (Å²) in [6, 6.07) is 0. The second kappa shape index (κ2) is 101. The molecule has 0 radical (unpaired) electrons. The van der Waals surface area contributed by atoms with Gasteiger partial charge in [0.05, 0.1) is 33.0 Å². The Morgan fingerprint density at radius 2 is 0.218 bits per heavy atom. The van der Waals surface area contributed by atoms with E-state index in [4.69, 9.17) is 23.7 Å². The van der Waals surface area contributed by atoms with E-state index in [-0.39, 0.29) is 29.8 Å². The zero-order valence-electron chi connectivity index (χ0n) is 75.7. The molecule has 0 heterocycles. The summed E-state index contributed by atoms with van der Waals surface area (Å²) in [7, 11) is 0. The Bertz CT molecular complexity index is 2000. The summed E-state index contributed by atoms with van der Waals surface area (Å²) in [5.74, 6) is -1.28. The molecule has 650 valence electrons. The Balaban J connectivity index is -0.000000420. The summed E-state index contributed by atoms with van der Waals surface area (Å²) >= 11 is 0. The van der Waals surface area contributed by atoms with Crippen molar-refractivity contribution in [2.45, 2.75) is 519 Å². The topological polar surface area (TPSA) is 132 Å². The number of carbonyl (C=O) groups excluding carboxylic acids is 5. The first-order valence-corrected chi connectivity index (χ1v) is 47.5. The normalized spacial score (nSPS) is 10.6. The average Bonchev–Trinajstić information content (AvgIpc) is 1.10. The summed E-state index contributed by atoms with van der Waals surface area (Å²) in [6.45, 7) is 40.4. The Morgan fingerprint density at radius 1 is 0.145 bits per heavy atom. The largest absolute Gasteiger partial charge is 0.462 e. The molecule has 0 aromatic carbocycles. The zero-order valence-corrected chi connectivity index (χ0v) is 75.7. The lowest BCUT2D eigenvalue weighted by atomic mass is 10.0. The molecule has 0 amide bonds. The van der Waals surface area contributed by atoms with E-state index in [0.29, 0.717) is 60.9 Å². The number of carbonyl (C=O) groups is 5. The summed E-state index contributed by atoms with van der Waals surface area (Å²) in [6.07, 6.45) is 94.1. The van der Waals surface area contributed by atoms with E-state index in [9.17, 15) is 24.0 Å². The van der Waals surface area contributed by atoms with Gasteiger partial charge in [-0.3, -0.25) is 0 Å². The molecule has 0 saturated carbocycles. The van der Waals surface area contributed by atoms with Crippen molar-refractivity contribution in [3.8, 4) is 0 Å². The second-order valence-corrected chi connectivity index (χ2v) is 32.6. The minimum Gasteiger partial charge on any atom is -0.462 e. The second-order valence-electron chi connectivity index (χ2n) is 32.6. The molecule has 0 aliphatic rings. The maximum atomic E-state index is 11.2. The van der Waals surface area contributed by atoms with Gasteiger partial charge < -0.3 is 23.7 Å². The molecular weight excluding hydrogens is 1360 g/mol. The van der Waals surface area contributed by atoms with Crippen LogP contribution in [-0.4, -0.2) is 62.9 Å². The molecule has 10 nitrogen and oxygen atoms in total. The lowest BCUT2D eigenvalue weighted by Crippen LogP contribution is -2.05. The van der Waals surface area contributed by atoms with Crippen LogP contribution in [0.4, 0.5) is 0 Å². The number of hydrogen-bond donors (Lipinski definition) is 0. The van der Waals surface area contributed by atoms with Gasteiger partial charge in [0.2, 0.25) is 0 Å². The van der Waals surface area contributed by atoms with Gasteiger partial charge in [-0.25, -0.2) is 24.0 Å². The zero-order chi connectivity index (χ0) is 82.3. The monoisotopic (exact) mass is 1550 g/mol. The molecule has 0 aliphatic heterocycles. The smallest absolute Gasteiger partial charge is 0.333 e. The number of unbranched alkanes of at least 4 members (excludes halogenated alkanes) is 65. The molecule has 110 heavy (non-hydrogen) atoms. The molecule has 0 aromatic rings. The quantitative estimate of drug-likeness (QED) is 0.0251. The van der Waals surface area contributed by atoms with Gasteiger partial charge in [0, 0.05) is 27.9 Å². The number of ether oxygens (including phenoxy) is 5. The molecule has 0 bridgehead atoms. The highest BCUT2D eigenvalue weighted by Gasteiger charge is 2.08. The van der Waals surface area contributed by atoms with Crippen molar-refractivity contribution in [1.82, 2.24) is 0 Å². The van der Waals surface area contributed by atoms with Crippen LogP contribution in [0.3, 0.4) is 0 Å². The van der Waals surface area contributed by atoms with Crippen LogP contribution >= 0.6 is 0 Å². The first-order chi connectivity index (χ1) is 53.4. The molecule has 10 heteroatoms. The van der Waals surface area contributed by atoms with Crippen LogP contribution in [0.5, 0.6) is 0 Å². The van der Waals surface area contributed by atoms with Gasteiger partial charge in [0.1, 0.15) is 0 Å². The van der Waals surface area contributed by atoms with Gasteiger partial charge >= 0.3 is 29.8 Å². The predicted octanol–water partition coefficient (Wildman–Crippen LogP) is 32.9. The van der Waals surface area contributed by atoms with Crippen molar-refractivity contribution < 1.29 is 47.7 Å². The summed E-state index contributed by atoms with van der Waals surface area (Å²) < 4.78 is 25.3. The summed E-state index contributed by atoms with van der Waals surface area (Å²) in [5.41, 5.74) is 2.45. The van der Waals surface area contributed by atoms with Crippen molar-refractivity contribution in [2.75, 3.05) is 33.0 Å². The van der Waals surface area contributed by atoms with E-state index in [1.807, 2.05) is 0 Å². The van der Waals surface area contributed by atoms with Crippen LogP contribution < -0.4 is 0 Å². The third kappa shape index (κ3) is 108. The first-order valence-electron chi connectivity index (χ1n) is 47.5. The lowest BCUT2D eigenvalue weighted by Gasteiger charge is -2.05. The maximum absolute atomic E-state index is 11.2. The molecule has 0 fully saturated rings. The predicted molar refractivity (Wildman–Crippen MR) is 480 cm³/mol. The minimum atomic E-state index is -0.258. The Kier molecular flexibility index (Phi) is 105. The third-order valence-corrected chi connectivity index (χ3v) is 20.4. The number of rotatable bonds is 80. The van der Waals surface area contributed by atoms with Crippen molar-refractivity contribution in [2.24, 2.45) is 0 Å². The van der Waals surface area contributed by atoms with Gasteiger partial charge in [-0.2, -0.15) is 0 Å². The molecule has 0 unspecified atom stereocenters. The lowest BCUT2D eigenvalue weighted by molar-refractivity contribution is -0.139. The van der Waals surface area contributed by atoms with Crippen LogP contribution in [0, 0.1) is 0 Å². The van der Waals surface area contributed by atoms with E-state index in [1.54, 1.807) is 34.6 Å². The number of esters is 5. The van der Waals surface area contributed by atoms with Crippen LogP contribution in [-0.2, 0) is 47.7 Å². The fourth-order valence-corrected chi connectivity index (χ4v) is 12.9. The highest BCUT2D eigenvalue weighted by Crippen LogP contribution is 2.19. The van der Waals surface area contributed by atoms with Crippen LogP contribution in [0.25, 0.3) is 0 Å². The standard InChI is InChI=1S/C24H46O2.C22H42O2.C20H38O2.C18H34O2.C16H30O2/c1-4-5-6-7-8-9-10-11-12-13-14-15-16-17-18-19-20-21-22-26-24(25)23(2)3;1-4-5-6-7-8-9-10-11-12-13-14-15-16-17-18-19-20-24-22(23)21(2)3;1-4-5-6-7-8-9-10-11-12-13-14-15-16-17-18-22-20(21)19(2)3;1-4-5-6-7-8-9-10-11-12-13-14-15-16-20-18(19)17(2)3;1-4-5-6-7-8-9-10-11-12-13-14-18-16(17)15(2)3/h2,4-22H2,1,3H3;2,4-20H2,1,3H3;2,4-18H2,1,3H3;2,4-16H2,1,3H3;2,4-14H2,1,3H3. The van der Waals surface area contributed by atoms with E-state index >= 15 is 0 Å². The average molecular weight is 1550 g/mol. The molecule has 0 rings (SSSR count).